The molecule has 118 valence electrons. The molecule has 3 aromatic rings. The standard InChI is InChI=1S/C18H19N3O2/c1-14(17-5-3-12-23-17)20(2)18(22)16-8-6-15(7-9-16)13-21-11-4-10-19-21/h3-12,14H,13H2,1-2H3. The van der Waals surface area contributed by atoms with Gasteiger partial charge in [-0.15, -0.1) is 0 Å². The molecule has 3 rings (SSSR count). The summed E-state index contributed by atoms with van der Waals surface area (Å²) in [6.07, 6.45) is 5.29. The lowest BCUT2D eigenvalue weighted by molar-refractivity contribution is 0.0726. The van der Waals surface area contributed by atoms with Crippen LogP contribution in [0.5, 0.6) is 0 Å². The highest BCUT2D eigenvalue weighted by molar-refractivity contribution is 5.94. The van der Waals surface area contributed by atoms with Gasteiger partial charge in [-0.3, -0.25) is 9.48 Å². The molecule has 0 aliphatic rings. The summed E-state index contributed by atoms with van der Waals surface area (Å²) in [5.74, 6) is 0.746. The topological polar surface area (TPSA) is 51.3 Å². The van der Waals surface area contributed by atoms with Crippen LogP contribution in [-0.4, -0.2) is 27.6 Å². The van der Waals surface area contributed by atoms with Gasteiger partial charge in [0.2, 0.25) is 0 Å². The Morgan fingerprint density at radius 2 is 2.04 bits per heavy atom. The lowest BCUT2D eigenvalue weighted by Gasteiger charge is -2.23. The van der Waals surface area contributed by atoms with Crippen LogP contribution < -0.4 is 0 Å². The Hall–Kier alpha value is -2.82. The number of furan rings is 1. The molecule has 1 aromatic carbocycles. The molecule has 1 amide bonds. The van der Waals surface area contributed by atoms with Crippen LogP contribution in [-0.2, 0) is 6.54 Å². The van der Waals surface area contributed by atoms with E-state index in [0.717, 1.165) is 11.3 Å². The molecule has 2 aromatic heterocycles. The summed E-state index contributed by atoms with van der Waals surface area (Å²) in [5, 5.41) is 4.18. The van der Waals surface area contributed by atoms with Gasteiger partial charge in [-0.1, -0.05) is 12.1 Å². The first-order chi connectivity index (χ1) is 11.1. The van der Waals surface area contributed by atoms with E-state index in [4.69, 9.17) is 4.42 Å². The van der Waals surface area contributed by atoms with Gasteiger partial charge in [-0.25, -0.2) is 0 Å². The fourth-order valence-electron chi connectivity index (χ4n) is 2.43. The minimum absolute atomic E-state index is 0.0282. The number of nitrogens with zero attached hydrogens (tertiary/aromatic N) is 3. The average Bonchev–Trinajstić information content (AvgIpc) is 3.27. The number of hydrogen-bond donors (Lipinski definition) is 0. The molecular formula is C18H19N3O2. The van der Waals surface area contributed by atoms with Crippen molar-refractivity contribution in [2.75, 3.05) is 7.05 Å². The molecule has 0 saturated carbocycles. The van der Waals surface area contributed by atoms with Gasteiger partial charge in [0.05, 0.1) is 18.8 Å². The molecule has 0 fully saturated rings. The summed E-state index contributed by atoms with van der Waals surface area (Å²) < 4.78 is 7.23. The number of carbonyl (C=O) groups excluding carboxylic acids is 1. The third kappa shape index (κ3) is 3.34. The van der Waals surface area contributed by atoms with Crippen LogP contribution in [0.15, 0.2) is 65.5 Å². The van der Waals surface area contributed by atoms with Gasteiger partial charge in [0.15, 0.2) is 0 Å². The number of rotatable bonds is 5. The number of hydrogen-bond acceptors (Lipinski definition) is 3. The first-order valence-electron chi connectivity index (χ1n) is 7.52. The van der Waals surface area contributed by atoms with Crippen molar-refractivity contribution in [3.8, 4) is 0 Å². The van der Waals surface area contributed by atoms with Crippen molar-refractivity contribution >= 4 is 5.91 Å². The Kier molecular flexibility index (Phi) is 4.28. The number of amides is 1. The highest BCUT2D eigenvalue weighted by Crippen LogP contribution is 2.21. The first-order valence-corrected chi connectivity index (χ1v) is 7.52. The van der Waals surface area contributed by atoms with Gasteiger partial charge in [0.1, 0.15) is 5.76 Å². The van der Waals surface area contributed by atoms with Crippen molar-refractivity contribution in [2.24, 2.45) is 0 Å². The summed E-state index contributed by atoms with van der Waals surface area (Å²) >= 11 is 0. The SMILES string of the molecule is CC(c1ccco1)N(C)C(=O)c1ccc(Cn2cccn2)cc1. The summed E-state index contributed by atoms with van der Waals surface area (Å²) in [4.78, 5) is 14.3. The van der Waals surface area contributed by atoms with Crippen LogP contribution in [0.2, 0.25) is 0 Å². The highest BCUT2D eigenvalue weighted by Gasteiger charge is 2.20. The average molecular weight is 309 g/mol. The van der Waals surface area contributed by atoms with Gasteiger partial charge in [0, 0.05) is 25.0 Å². The minimum Gasteiger partial charge on any atom is -0.467 e. The normalized spacial score (nSPS) is 12.1. The Morgan fingerprint density at radius 3 is 2.65 bits per heavy atom. The fourth-order valence-corrected chi connectivity index (χ4v) is 2.43. The summed E-state index contributed by atoms with van der Waals surface area (Å²) in [5.41, 5.74) is 1.77. The monoisotopic (exact) mass is 309 g/mol. The molecule has 0 spiro atoms. The Morgan fingerprint density at radius 1 is 1.26 bits per heavy atom. The Bertz CT molecular complexity index is 746. The maximum Gasteiger partial charge on any atom is 0.254 e. The van der Waals surface area contributed by atoms with Crippen LogP contribution in [0.25, 0.3) is 0 Å². The Labute approximate surface area is 135 Å². The zero-order valence-corrected chi connectivity index (χ0v) is 13.2. The van der Waals surface area contributed by atoms with Crippen molar-refractivity contribution in [3.05, 3.63) is 78.0 Å². The van der Waals surface area contributed by atoms with Crippen molar-refractivity contribution in [1.29, 1.82) is 0 Å². The Balaban J connectivity index is 1.69. The van der Waals surface area contributed by atoms with Crippen molar-refractivity contribution < 1.29 is 9.21 Å². The third-order valence-corrected chi connectivity index (χ3v) is 3.96. The second kappa shape index (κ2) is 6.52. The largest absolute Gasteiger partial charge is 0.467 e. The van der Waals surface area contributed by atoms with Crippen LogP contribution in [0, 0.1) is 0 Å². The second-order valence-electron chi connectivity index (χ2n) is 5.51. The molecule has 0 aliphatic heterocycles. The van der Waals surface area contributed by atoms with Crippen LogP contribution >= 0.6 is 0 Å². The van der Waals surface area contributed by atoms with Crippen molar-refractivity contribution in [3.63, 3.8) is 0 Å². The van der Waals surface area contributed by atoms with E-state index in [0.29, 0.717) is 12.1 Å². The predicted octanol–water partition coefficient (Wildman–Crippen LogP) is 3.36. The summed E-state index contributed by atoms with van der Waals surface area (Å²) in [6.45, 7) is 2.64. The molecular weight excluding hydrogens is 290 g/mol. The summed E-state index contributed by atoms with van der Waals surface area (Å²) in [7, 11) is 1.78. The van der Waals surface area contributed by atoms with Crippen molar-refractivity contribution in [2.45, 2.75) is 19.5 Å². The molecule has 2 heterocycles. The maximum atomic E-state index is 12.6. The van der Waals surface area contributed by atoms with Crippen LogP contribution in [0.3, 0.4) is 0 Å². The fraction of sp³-hybridized carbons (Fsp3) is 0.222. The lowest BCUT2D eigenvalue weighted by Crippen LogP contribution is -2.29. The third-order valence-electron chi connectivity index (χ3n) is 3.96. The lowest BCUT2D eigenvalue weighted by atomic mass is 10.1. The van der Waals surface area contributed by atoms with E-state index in [2.05, 4.69) is 5.10 Å². The number of aromatic nitrogens is 2. The van der Waals surface area contributed by atoms with Gasteiger partial charge in [0.25, 0.3) is 5.91 Å². The smallest absolute Gasteiger partial charge is 0.254 e. The molecule has 5 heteroatoms. The van der Waals surface area contributed by atoms with Crippen molar-refractivity contribution in [1.82, 2.24) is 14.7 Å². The second-order valence-corrected chi connectivity index (χ2v) is 5.51. The van der Waals surface area contributed by atoms with E-state index >= 15 is 0 Å². The van der Waals surface area contributed by atoms with E-state index in [-0.39, 0.29) is 11.9 Å². The van der Waals surface area contributed by atoms with Gasteiger partial charge >= 0.3 is 0 Å². The highest BCUT2D eigenvalue weighted by atomic mass is 16.3. The van der Waals surface area contributed by atoms with Gasteiger partial charge in [-0.2, -0.15) is 5.10 Å². The maximum absolute atomic E-state index is 12.6. The van der Waals surface area contributed by atoms with Gasteiger partial charge in [-0.05, 0) is 42.8 Å². The molecule has 0 radical (unpaired) electrons. The molecule has 1 atom stereocenters. The first kappa shape index (κ1) is 15.1. The zero-order chi connectivity index (χ0) is 16.2. The molecule has 0 bridgehead atoms. The van der Waals surface area contributed by atoms with Crippen LogP contribution in [0.1, 0.15) is 34.6 Å². The molecule has 0 aliphatic carbocycles. The number of carbonyl (C=O) groups is 1. The van der Waals surface area contributed by atoms with E-state index in [9.17, 15) is 4.79 Å². The van der Waals surface area contributed by atoms with E-state index < -0.39 is 0 Å². The molecule has 1 unspecified atom stereocenters. The molecule has 0 saturated heterocycles. The van der Waals surface area contributed by atoms with E-state index in [1.807, 2.05) is 60.3 Å². The van der Waals surface area contributed by atoms with Crippen LogP contribution in [0.4, 0.5) is 0 Å². The molecule has 5 nitrogen and oxygen atoms in total. The number of benzene rings is 1. The minimum atomic E-state index is -0.110. The molecule has 0 N–H and O–H groups in total. The predicted molar refractivity (Wildman–Crippen MR) is 87.0 cm³/mol. The summed E-state index contributed by atoms with van der Waals surface area (Å²) in [6, 6.07) is 13.1. The van der Waals surface area contributed by atoms with E-state index in [1.54, 1.807) is 24.4 Å². The quantitative estimate of drug-likeness (QED) is 0.726. The van der Waals surface area contributed by atoms with E-state index in [1.165, 1.54) is 0 Å². The zero-order valence-electron chi connectivity index (χ0n) is 13.2. The molecule has 23 heavy (non-hydrogen) atoms. The van der Waals surface area contributed by atoms with Gasteiger partial charge < -0.3 is 9.32 Å².